The molecule has 8 heteroatoms. The molecule has 0 unspecified atom stereocenters. The van der Waals surface area contributed by atoms with Gasteiger partial charge in [0.2, 0.25) is 0 Å². The number of amides is 2. The van der Waals surface area contributed by atoms with Crippen molar-refractivity contribution in [3.8, 4) is 10.4 Å². The van der Waals surface area contributed by atoms with Gasteiger partial charge in [0.1, 0.15) is 11.4 Å². The number of fused-ring (bicyclic) bond motifs is 1. The van der Waals surface area contributed by atoms with Gasteiger partial charge in [0.25, 0.3) is 11.8 Å². The van der Waals surface area contributed by atoms with Crippen molar-refractivity contribution in [2.24, 2.45) is 18.9 Å². The minimum Gasteiger partial charge on any atom is -0.349 e. The first-order valence-electron chi connectivity index (χ1n) is 11.0. The van der Waals surface area contributed by atoms with E-state index in [4.69, 9.17) is 0 Å². The van der Waals surface area contributed by atoms with Crippen LogP contribution in [0.25, 0.3) is 10.4 Å². The SMILES string of the molecule is Cc1cccc(-c2sc(C)nc2C(=O)N2C[C@H]3C[C@H]3[C@H]2CNC(=O)c2cc(C)nn2C)c1. The van der Waals surface area contributed by atoms with Gasteiger partial charge in [-0.25, -0.2) is 4.98 Å². The third-order valence-electron chi connectivity index (χ3n) is 6.49. The number of nitrogens with one attached hydrogen (secondary N) is 1. The highest BCUT2D eigenvalue weighted by Gasteiger charge is 2.54. The largest absolute Gasteiger partial charge is 0.349 e. The minimum atomic E-state index is -0.158. The Morgan fingerprint density at radius 3 is 2.75 bits per heavy atom. The number of aromatic nitrogens is 3. The van der Waals surface area contributed by atoms with E-state index in [0.29, 0.717) is 29.8 Å². The van der Waals surface area contributed by atoms with E-state index in [1.165, 1.54) is 0 Å². The molecule has 0 radical (unpaired) electrons. The predicted molar refractivity (Wildman–Crippen MR) is 124 cm³/mol. The number of rotatable bonds is 5. The van der Waals surface area contributed by atoms with Crippen LogP contribution in [0.3, 0.4) is 0 Å². The molecule has 1 N–H and O–H groups in total. The van der Waals surface area contributed by atoms with Gasteiger partial charge in [0, 0.05) is 20.1 Å². The number of thiazole rings is 1. The van der Waals surface area contributed by atoms with Crippen LogP contribution in [0.1, 0.15) is 43.7 Å². The van der Waals surface area contributed by atoms with Gasteiger partial charge in [-0.15, -0.1) is 11.3 Å². The Hall–Kier alpha value is -3.00. The summed E-state index contributed by atoms with van der Waals surface area (Å²) < 4.78 is 1.59. The van der Waals surface area contributed by atoms with Gasteiger partial charge in [0.15, 0.2) is 0 Å². The molecule has 32 heavy (non-hydrogen) atoms. The number of piperidine rings is 1. The van der Waals surface area contributed by atoms with Gasteiger partial charge < -0.3 is 10.2 Å². The average Bonchev–Trinajstić information content (AvgIpc) is 3.07. The second kappa shape index (κ2) is 7.85. The van der Waals surface area contributed by atoms with Crippen LogP contribution in [0.4, 0.5) is 0 Å². The maximum Gasteiger partial charge on any atom is 0.274 e. The van der Waals surface area contributed by atoms with E-state index in [2.05, 4.69) is 34.5 Å². The molecule has 0 bridgehead atoms. The normalized spacial score (nSPS) is 21.5. The lowest BCUT2D eigenvalue weighted by atomic mass is 10.1. The fourth-order valence-electron chi connectivity index (χ4n) is 4.87. The number of likely N-dealkylation sites (tertiary alicyclic amines) is 1. The van der Waals surface area contributed by atoms with Crippen LogP contribution in [0.5, 0.6) is 0 Å². The first kappa shape index (κ1) is 20.9. The molecule has 2 amide bonds. The highest BCUT2D eigenvalue weighted by atomic mass is 32.1. The molecular formula is C24H27N5O2S. The lowest BCUT2D eigenvalue weighted by Gasteiger charge is -2.27. The molecule has 2 aliphatic rings. The summed E-state index contributed by atoms with van der Waals surface area (Å²) in [7, 11) is 1.77. The number of nitrogens with zero attached hydrogens (tertiary/aromatic N) is 4. The summed E-state index contributed by atoms with van der Waals surface area (Å²) in [5, 5.41) is 8.17. The Morgan fingerprint density at radius 1 is 1.22 bits per heavy atom. The zero-order chi connectivity index (χ0) is 22.6. The average molecular weight is 450 g/mol. The monoisotopic (exact) mass is 449 g/mol. The van der Waals surface area contributed by atoms with Crippen LogP contribution >= 0.6 is 11.3 Å². The molecule has 5 rings (SSSR count). The van der Waals surface area contributed by atoms with Crippen LogP contribution in [0.15, 0.2) is 30.3 Å². The van der Waals surface area contributed by atoms with E-state index in [0.717, 1.165) is 39.7 Å². The Labute approximate surface area is 191 Å². The van der Waals surface area contributed by atoms with Gasteiger partial charge in [0.05, 0.1) is 21.6 Å². The quantitative estimate of drug-likeness (QED) is 0.648. The number of carbonyl (C=O) groups is 2. The van der Waals surface area contributed by atoms with Crippen molar-refractivity contribution < 1.29 is 9.59 Å². The third kappa shape index (κ3) is 3.72. The van der Waals surface area contributed by atoms with Crippen molar-refractivity contribution in [3.63, 3.8) is 0 Å². The van der Waals surface area contributed by atoms with Crippen LogP contribution < -0.4 is 5.32 Å². The lowest BCUT2D eigenvalue weighted by molar-refractivity contribution is 0.0690. The molecule has 1 aliphatic heterocycles. The molecule has 3 heterocycles. The van der Waals surface area contributed by atoms with Crippen molar-refractivity contribution in [3.05, 3.63) is 58.0 Å². The van der Waals surface area contributed by atoms with E-state index in [1.54, 1.807) is 29.1 Å². The van der Waals surface area contributed by atoms with Crippen LogP contribution in [0, 0.1) is 32.6 Å². The first-order valence-corrected chi connectivity index (χ1v) is 11.8. The Balaban J connectivity index is 1.36. The second-order valence-corrected chi connectivity index (χ2v) is 10.2. The van der Waals surface area contributed by atoms with Crippen molar-refractivity contribution in [1.29, 1.82) is 0 Å². The zero-order valence-electron chi connectivity index (χ0n) is 18.8. The number of carbonyl (C=O) groups excluding carboxylic acids is 2. The standard InChI is InChI=1S/C24H27N5O2S/c1-13-6-5-7-16(8-13)22-21(26-15(3)32-22)24(31)29-12-17-10-18(17)20(29)11-25-23(30)19-9-14(2)27-28(19)4/h5-9,17-18,20H,10-12H2,1-4H3,(H,25,30)/t17-,18-,20-/m1/s1. The molecule has 0 spiro atoms. The van der Waals surface area contributed by atoms with E-state index in [1.807, 2.05) is 30.9 Å². The summed E-state index contributed by atoms with van der Waals surface area (Å²) in [5.74, 6) is 0.792. The summed E-state index contributed by atoms with van der Waals surface area (Å²) in [6.45, 7) is 7.04. The molecule has 3 aromatic rings. The highest BCUT2D eigenvalue weighted by Crippen LogP contribution is 2.50. The maximum absolute atomic E-state index is 13.6. The van der Waals surface area contributed by atoms with Gasteiger partial charge in [-0.2, -0.15) is 5.10 Å². The molecule has 7 nitrogen and oxygen atoms in total. The van der Waals surface area contributed by atoms with Gasteiger partial charge >= 0.3 is 0 Å². The van der Waals surface area contributed by atoms with E-state index in [-0.39, 0.29) is 17.9 Å². The molecule has 166 valence electrons. The third-order valence-corrected chi connectivity index (χ3v) is 7.51. The predicted octanol–water partition coefficient (Wildman–Crippen LogP) is 3.36. The Bertz CT molecular complexity index is 1210. The van der Waals surface area contributed by atoms with E-state index >= 15 is 0 Å². The van der Waals surface area contributed by atoms with Crippen molar-refractivity contribution in [2.45, 2.75) is 33.2 Å². The van der Waals surface area contributed by atoms with Gasteiger partial charge in [-0.3, -0.25) is 14.3 Å². The number of benzene rings is 1. The smallest absolute Gasteiger partial charge is 0.274 e. The van der Waals surface area contributed by atoms with E-state index in [9.17, 15) is 9.59 Å². The minimum absolute atomic E-state index is 0.00172. The zero-order valence-corrected chi connectivity index (χ0v) is 19.6. The number of aryl methyl sites for hydroxylation is 4. The van der Waals surface area contributed by atoms with E-state index < -0.39 is 0 Å². The fraction of sp³-hybridized carbons (Fsp3) is 0.417. The molecule has 1 saturated heterocycles. The molecular weight excluding hydrogens is 422 g/mol. The molecule has 2 fully saturated rings. The van der Waals surface area contributed by atoms with Crippen LogP contribution in [0.2, 0.25) is 0 Å². The summed E-state index contributed by atoms with van der Waals surface area (Å²) in [4.78, 5) is 33.8. The first-order chi connectivity index (χ1) is 15.3. The summed E-state index contributed by atoms with van der Waals surface area (Å²) in [5.41, 5.74) is 4.04. The molecule has 1 aromatic carbocycles. The number of hydrogen-bond acceptors (Lipinski definition) is 5. The van der Waals surface area contributed by atoms with Crippen molar-refractivity contribution in [1.82, 2.24) is 25.0 Å². The van der Waals surface area contributed by atoms with Gasteiger partial charge in [-0.1, -0.05) is 29.8 Å². The maximum atomic E-state index is 13.6. The van der Waals surface area contributed by atoms with Crippen molar-refractivity contribution >= 4 is 23.2 Å². The Morgan fingerprint density at radius 2 is 2.03 bits per heavy atom. The summed E-state index contributed by atoms with van der Waals surface area (Å²) in [6.07, 6.45) is 1.12. The lowest BCUT2D eigenvalue weighted by Crippen LogP contribution is -2.46. The summed E-state index contributed by atoms with van der Waals surface area (Å²) in [6, 6.07) is 9.97. The van der Waals surface area contributed by atoms with Crippen LogP contribution in [-0.4, -0.2) is 50.6 Å². The Kier molecular flexibility index (Phi) is 5.12. The van der Waals surface area contributed by atoms with Crippen LogP contribution in [-0.2, 0) is 7.05 Å². The molecule has 3 atom stereocenters. The van der Waals surface area contributed by atoms with Crippen molar-refractivity contribution in [2.75, 3.05) is 13.1 Å². The number of hydrogen-bond donors (Lipinski definition) is 1. The summed E-state index contributed by atoms with van der Waals surface area (Å²) >= 11 is 1.56. The molecule has 1 saturated carbocycles. The molecule has 2 aromatic heterocycles. The fourth-order valence-corrected chi connectivity index (χ4v) is 5.77. The topological polar surface area (TPSA) is 80.1 Å². The second-order valence-electron chi connectivity index (χ2n) is 8.97. The highest BCUT2D eigenvalue weighted by molar-refractivity contribution is 7.15. The molecule has 1 aliphatic carbocycles. The van der Waals surface area contributed by atoms with Gasteiger partial charge in [-0.05, 0) is 50.7 Å².